The van der Waals surface area contributed by atoms with Gasteiger partial charge in [0.15, 0.2) is 0 Å². The van der Waals surface area contributed by atoms with Crippen LogP contribution in [0.25, 0.3) is 0 Å². The predicted molar refractivity (Wildman–Crippen MR) is 117 cm³/mol. The van der Waals surface area contributed by atoms with E-state index >= 15 is 0 Å². The third kappa shape index (κ3) is 2.86. The quantitative estimate of drug-likeness (QED) is 0.740. The van der Waals surface area contributed by atoms with E-state index in [0.717, 1.165) is 30.6 Å². The summed E-state index contributed by atoms with van der Waals surface area (Å²) in [5.74, 6) is 1.36. The number of rotatable bonds is 3. The molecule has 1 aromatic rings. The summed E-state index contributed by atoms with van der Waals surface area (Å²) < 4.78 is 0. The van der Waals surface area contributed by atoms with E-state index in [-0.39, 0.29) is 29.0 Å². The van der Waals surface area contributed by atoms with Crippen molar-refractivity contribution in [3.05, 3.63) is 29.3 Å². The Hall–Kier alpha value is -2.70. The smallest absolute Gasteiger partial charge is 0.261 e. The first-order valence-electron chi connectivity index (χ1n) is 11.9. The predicted octanol–water partition coefficient (Wildman–Crippen LogP) is 3.06. The minimum atomic E-state index is -0.469. The number of hydrogen-bond acceptors (Lipinski definition) is 4. The molecule has 4 saturated carbocycles. The Bertz CT molecular complexity index is 1010. The van der Waals surface area contributed by atoms with Crippen molar-refractivity contribution in [1.82, 2.24) is 9.80 Å². The molecule has 7 heteroatoms. The second-order valence-electron chi connectivity index (χ2n) is 10.8. The van der Waals surface area contributed by atoms with Crippen molar-refractivity contribution >= 4 is 29.3 Å². The molecular weight excluding hydrogens is 406 g/mol. The first-order valence-corrected chi connectivity index (χ1v) is 11.9. The average molecular weight is 436 g/mol. The lowest BCUT2D eigenvalue weighted by molar-refractivity contribution is -0.160. The summed E-state index contributed by atoms with van der Waals surface area (Å²) >= 11 is 0. The van der Waals surface area contributed by atoms with Gasteiger partial charge >= 0.3 is 0 Å². The zero-order valence-corrected chi connectivity index (χ0v) is 18.4. The van der Waals surface area contributed by atoms with Gasteiger partial charge in [0.25, 0.3) is 11.8 Å². The van der Waals surface area contributed by atoms with E-state index in [9.17, 15) is 19.2 Å². The molecule has 7 nitrogen and oxygen atoms in total. The van der Waals surface area contributed by atoms with Crippen LogP contribution < -0.4 is 5.32 Å². The molecule has 5 fully saturated rings. The van der Waals surface area contributed by atoms with Gasteiger partial charge in [-0.15, -0.1) is 0 Å². The first-order chi connectivity index (χ1) is 15.3. The highest BCUT2D eigenvalue weighted by Crippen LogP contribution is 2.60. The molecule has 1 aromatic carbocycles. The summed E-state index contributed by atoms with van der Waals surface area (Å²) in [5, 5.41) is 2.91. The van der Waals surface area contributed by atoms with Crippen LogP contribution in [0.1, 0.15) is 72.1 Å². The highest BCUT2D eigenvalue weighted by atomic mass is 16.2. The molecule has 0 radical (unpaired) electrons. The van der Waals surface area contributed by atoms with E-state index in [1.807, 2.05) is 4.90 Å². The molecule has 4 bridgehead atoms. The Morgan fingerprint density at radius 3 is 2.25 bits per heavy atom. The van der Waals surface area contributed by atoms with Gasteiger partial charge in [-0.3, -0.25) is 24.1 Å². The molecule has 2 aliphatic heterocycles. The molecule has 168 valence electrons. The van der Waals surface area contributed by atoms with Crippen LogP contribution in [-0.2, 0) is 9.59 Å². The molecule has 1 atom stereocenters. The molecular formula is C25H29N3O4. The molecule has 2 heterocycles. The molecule has 0 aromatic heterocycles. The van der Waals surface area contributed by atoms with Crippen LogP contribution in [0.4, 0.5) is 5.69 Å². The number of carbonyl (C=O) groups is 4. The van der Waals surface area contributed by atoms with Crippen molar-refractivity contribution in [3.8, 4) is 0 Å². The van der Waals surface area contributed by atoms with Gasteiger partial charge in [0.05, 0.1) is 16.5 Å². The van der Waals surface area contributed by atoms with Crippen LogP contribution in [0.15, 0.2) is 18.2 Å². The Kier molecular flexibility index (Phi) is 4.30. The minimum Gasteiger partial charge on any atom is -0.330 e. The lowest BCUT2D eigenvalue weighted by Crippen LogP contribution is -2.56. The topological polar surface area (TPSA) is 86.8 Å². The van der Waals surface area contributed by atoms with Gasteiger partial charge in [0.2, 0.25) is 11.8 Å². The Morgan fingerprint density at radius 2 is 1.59 bits per heavy atom. The summed E-state index contributed by atoms with van der Waals surface area (Å²) in [7, 11) is 1.45. The molecule has 32 heavy (non-hydrogen) atoms. The maximum atomic E-state index is 13.8. The van der Waals surface area contributed by atoms with Crippen molar-refractivity contribution in [2.45, 2.75) is 57.4 Å². The maximum Gasteiger partial charge on any atom is 0.261 e. The highest BCUT2D eigenvalue weighted by molar-refractivity contribution is 6.21. The van der Waals surface area contributed by atoms with Crippen molar-refractivity contribution in [1.29, 1.82) is 0 Å². The number of likely N-dealkylation sites (tertiary alicyclic amines) is 1. The Balaban J connectivity index is 1.20. The largest absolute Gasteiger partial charge is 0.330 e. The number of nitrogens with one attached hydrogen (secondary N) is 1. The van der Waals surface area contributed by atoms with Crippen LogP contribution in [0.5, 0.6) is 0 Å². The fraction of sp³-hybridized carbons (Fsp3) is 0.600. The molecule has 1 saturated heterocycles. The van der Waals surface area contributed by atoms with Gasteiger partial charge < -0.3 is 10.2 Å². The molecule has 0 spiro atoms. The summed E-state index contributed by atoms with van der Waals surface area (Å²) in [6, 6.07) is 4.34. The second kappa shape index (κ2) is 6.90. The lowest BCUT2D eigenvalue weighted by Gasteiger charge is -2.56. The molecule has 4 amide bonds. The highest BCUT2D eigenvalue weighted by Gasteiger charge is 2.56. The third-order valence-corrected chi connectivity index (χ3v) is 8.67. The van der Waals surface area contributed by atoms with Crippen LogP contribution in [0, 0.1) is 23.2 Å². The fourth-order valence-corrected chi connectivity index (χ4v) is 7.62. The number of anilines is 1. The normalized spacial score (nSPS) is 34.9. The fourth-order valence-electron chi connectivity index (χ4n) is 7.62. The van der Waals surface area contributed by atoms with Gasteiger partial charge in [-0.1, -0.05) is 0 Å². The minimum absolute atomic E-state index is 0.200. The van der Waals surface area contributed by atoms with Crippen molar-refractivity contribution in [3.63, 3.8) is 0 Å². The molecule has 0 unspecified atom stereocenters. The van der Waals surface area contributed by atoms with Crippen LogP contribution in [-0.4, -0.2) is 53.1 Å². The SMILES string of the molecule is CN1C(=O)c2ccc(NC(=O)[C@H]3CCCN3C(=O)C34CC5CC(CC(C5)C3)C4)cc2C1=O. The lowest BCUT2D eigenvalue weighted by atomic mass is 9.49. The number of imide groups is 1. The van der Waals surface area contributed by atoms with E-state index in [1.165, 1.54) is 26.3 Å². The van der Waals surface area contributed by atoms with Crippen LogP contribution in [0.2, 0.25) is 0 Å². The van der Waals surface area contributed by atoms with Crippen LogP contribution in [0.3, 0.4) is 0 Å². The first kappa shape index (κ1) is 19.9. The number of benzene rings is 1. The maximum absolute atomic E-state index is 13.8. The van der Waals surface area contributed by atoms with Gasteiger partial charge in [-0.05, 0) is 87.3 Å². The van der Waals surface area contributed by atoms with Gasteiger partial charge in [0.1, 0.15) is 6.04 Å². The standard InChI is InChI=1S/C25H29N3O4/c1-27-22(30)18-5-4-17(10-19(18)23(27)31)26-21(29)20-3-2-6-28(20)24(32)25-11-14-7-15(12-25)9-16(8-14)13-25/h4-5,10,14-16,20H,2-3,6-9,11-13H2,1H3,(H,26,29)/t14?,15?,16?,20-,25?/m1/s1. The summed E-state index contributed by atoms with van der Waals surface area (Å²) in [5.41, 5.74) is 0.903. The summed E-state index contributed by atoms with van der Waals surface area (Å²) in [6.45, 7) is 0.640. The third-order valence-electron chi connectivity index (χ3n) is 8.67. The van der Waals surface area contributed by atoms with E-state index in [1.54, 1.807) is 18.2 Å². The van der Waals surface area contributed by atoms with E-state index in [4.69, 9.17) is 0 Å². The number of nitrogens with zero attached hydrogens (tertiary/aromatic N) is 2. The second-order valence-corrected chi connectivity index (χ2v) is 10.8. The Labute approximate surface area is 187 Å². The number of amides is 4. The van der Waals surface area contributed by atoms with Gasteiger partial charge in [-0.25, -0.2) is 0 Å². The van der Waals surface area contributed by atoms with Crippen LogP contribution >= 0.6 is 0 Å². The molecule has 6 aliphatic rings. The summed E-state index contributed by atoms with van der Waals surface area (Å²) in [6.07, 6.45) is 8.33. The van der Waals surface area contributed by atoms with Crippen molar-refractivity contribution < 1.29 is 19.2 Å². The number of hydrogen-bond donors (Lipinski definition) is 1. The Morgan fingerprint density at radius 1 is 0.969 bits per heavy atom. The van der Waals surface area contributed by atoms with E-state index in [0.29, 0.717) is 47.5 Å². The zero-order valence-electron chi connectivity index (χ0n) is 18.4. The van der Waals surface area contributed by atoms with E-state index in [2.05, 4.69) is 5.32 Å². The average Bonchev–Trinajstić information content (AvgIpc) is 3.33. The number of fused-ring (bicyclic) bond motifs is 1. The number of carbonyl (C=O) groups excluding carboxylic acids is 4. The monoisotopic (exact) mass is 435 g/mol. The van der Waals surface area contributed by atoms with Gasteiger partial charge in [-0.2, -0.15) is 0 Å². The van der Waals surface area contributed by atoms with Crippen molar-refractivity contribution in [2.24, 2.45) is 23.2 Å². The zero-order chi connectivity index (χ0) is 22.2. The molecule has 1 N–H and O–H groups in total. The summed E-state index contributed by atoms with van der Waals surface area (Å²) in [4.78, 5) is 54.3. The van der Waals surface area contributed by atoms with Gasteiger partial charge in [0, 0.05) is 19.3 Å². The molecule has 7 rings (SSSR count). The molecule has 4 aliphatic carbocycles. The van der Waals surface area contributed by atoms with E-state index < -0.39 is 6.04 Å². The van der Waals surface area contributed by atoms with Crippen molar-refractivity contribution in [2.75, 3.05) is 18.9 Å².